The van der Waals surface area contributed by atoms with Crippen LogP contribution >= 0.6 is 0 Å². The van der Waals surface area contributed by atoms with E-state index in [0.29, 0.717) is 19.7 Å². The average Bonchev–Trinajstić information content (AvgIpc) is 2.43. The minimum Gasteiger partial charge on any atom is -0.444 e. The van der Waals surface area contributed by atoms with Gasteiger partial charge in [-0.25, -0.2) is 4.79 Å². The zero-order chi connectivity index (χ0) is 18.8. The molecule has 0 unspecified atom stereocenters. The van der Waals surface area contributed by atoms with Gasteiger partial charge >= 0.3 is 6.09 Å². The van der Waals surface area contributed by atoms with E-state index in [-0.39, 0.29) is 23.2 Å². The van der Waals surface area contributed by atoms with Crippen LogP contribution in [-0.2, 0) is 9.16 Å². The maximum Gasteiger partial charge on any atom is 0.410 e. The van der Waals surface area contributed by atoms with Gasteiger partial charge in [-0.3, -0.25) is 0 Å². The van der Waals surface area contributed by atoms with Crippen LogP contribution in [-0.4, -0.2) is 56.3 Å². The predicted molar refractivity (Wildman–Crippen MR) is 99.7 cm³/mol. The second-order valence-electron chi connectivity index (χ2n) is 9.67. The van der Waals surface area contributed by atoms with E-state index in [1.807, 2.05) is 20.8 Å². The number of likely N-dealkylation sites (tertiary alicyclic amines) is 1. The first-order valence-electron chi connectivity index (χ1n) is 8.94. The van der Waals surface area contributed by atoms with Crippen LogP contribution in [0, 0.1) is 5.41 Å². The highest BCUT2D eigenvalue weighted by Gasteiger charge is 2.42. The van der Waals surface area contributed by atoms with Gasteiger partial charge in [0.25, 0.3) is 0 Å². The molecule has 24 heavy (non-hydrogen) atoms. The molecule has 0 bridgehead atoms. The number of hydrogen-bond acceptors (Lipinski definition) is 4. The molecular weight excluding hydrogens is 322 g/mol. The van der Waals surface area contributed by atoms with E-state index in [4.69, 9.17) is 9.16 Å². The smallest absolute Gasteiger partial charge is 0.410 e. The summed E-state index contributed by atoms with van der Waals surface area (Å²) in [6.07, 6.45) is 1.23. The summed E-state index contributed by atoms with van der Waals surface area (Å²) < 4.78 is 11.8. The lowest BCUT2D eigenvalue weighted by Crippen LogP contribution is -2.50. The number of carbonyl (C=O) groups is 1. The quantitative estimate of drug-likeness (QED) is 0.770. The third-order valence-electron chi connectivity index (χ3n) is 5.36. The Labute approximate surface area is 148 Å². The number of amides is 1. The first-order valence-corrected chi connectivity index (χ1v) is 11.8. The summed E-state index contributed by atoms with van der Waals surface area (Å²) in [6, 6.07) is 0. The van der Waals surface area contributed by atoms with Gasteiger partial charge in [0.1, 0.15) is 5.60 Å². The molecular formula is C18H37NO4Si. The maximum atomic E-state index is 12.2. The molecule has 0 saturated carbocycles. The van der Waals surface area contributed by atoms with Crippen LogP contribution in [0.4, 0.5) is 4.79 Å². The zero-order valence-corrected chi connectivity index (χ0v) is 17.9. The van der Waals surface area contributed by atoms with Crippen LogP contribution in [0.1, 0.15) is 54.4 Å². The van der Waals surface area contributed by atoms with Gasteiger partial charge in [-0.15, -0.1) is 0 Å². The zero-order valence-electron chi connectivity index (χ0n) is 16.9. The molecule has 6 heteroatoms. The fourth-order valence-electron chi connectivity index (χ4n) is 2.39. The molecule has 5 nitrogen and oxygen atoms in total. The molecule has 1 rings (SSSR count). The number of aliphatic hydroxyl groups is 1. The van der Waals surface area contributed by atoms with E-state index in [0.717, 1.165) is 12.8 Å². The predicted octanol–water partition coefficient (Wildman–Crippen LogP) is 4.02. The molecule has 0 aromatic rings. The van der Waals surface area contributed by atoms with Crippen molar-refractivity contribution in [3.8, 4) is 0 Å². The number of aliphatic hydroxyl groups excluding tert-OH is 1. The van der Waals surface area contributed by atoms with Crippen molar-refractivity contribution in [2.45, 2.75) is 78.1 Å². The van der Waals surface area contributed by atoms with Gasteiger partial charge < -0.3 is 19.2 Å². The second-order valence-corrected chi connectivity index (χ2v) is 14.5. The van der Waals surface area contributed by atoms with Crippen molar-refractivity contribution < 1.29 is 19.1 Å². The highest BCUT2D eigenvalue weighted by Crippen LogP contribution is 2.39. The van der Waals surface area contributed by atoms with Crippen molar-refractivity contribution in [3.63, 3.8) is 0 Å². The summed E-state index contributed by atoms with van der Waals surface area (Å²) in [7, 11) is -1.84. The number of rotatable bonds is 4. The van der Waals surface area contributed by atoms with E-state index < -0.39 is 13.9 Å². The van der Waals surface area contributed by atoms with E-state index >= 15 is 0 Å². The van der Waals surface area contributed by atoms with Gasteiger partial charge in [-0.1, -0.05) is 20.8 Å². The molecule has 0 aromatic heterocycles. The fourth-order valence-corrected chi connectivity index (χ4v) is 3.49. The Kier molecular flexibility index (Phi) is 6.56. The Balaban J connectivity index is 2.63. The fraction of sp³-hybridized carbons (Fsp3) is 0.944. The minimum absolute atomic E-state index is 0.101. The maximum absolute atomic E-state index is 12.2. The lowest BCUT2D eigenvalue weighted by molar-refractivity contribution is -0.0166. The summed E-state index contributed by atoms with van der Waals surface area (Å²) in [4.78, 5) is 13.9. The normalized spacial score (nSPS) is 19.3. The number of piperidine rings is 1. The summed E-state index contributed by atoms with van der Waals surface area (Å²) in [5.74, 6) is 0. The SMILES string of the molecule is CC(C)(C)OC(=O)N1CCC(CO)(CO[Si](C)(C)C(C)(C)C)CC1. The van der Waals surface area contributed by atoms with Crippen molar-refractivity contribution in [1.29, 1.82) is 0 Å². The summed E-state index contributed by atoms with van der Waals surface area (Å²) in [6.45, 7) is 18.6. The van der Waals surface area contributed by atoms with Gasteiger partial charge in [0.05, 0.1) is 6.61 Å². The average molecular weight is 360 g/mol. The molecule has 0 aliphatic carbocycles. The van der Waals surface area contributed by atoms with Gasteiger partial charge in [-0.05, 0) is 51.7 Å². The lowest BCUT2D eigenvalue weighted by atomic mass is 9.80. The van der Waals surface area contributed by atoms with E-state index in [1.54, 1.807) is 4.90 Å². The van der Waals surface area contributed by atoms with Crippen LogP contribution in [0.5, 0.6) is 0 Å². The number of nitrogens with zero attached hydrogens (tertiary/aromatic N) is 1. The molecule has 0 atom stereocenters. The largest absolute Gasteiger partial charge is 0.444 e. The Morgan fingerprint density at radius 3 is 2.00 bits per heavy atom. The molecule has 1 amide bonds. The highest BCUT2D eigenvalue weighted by atomic mass is 28.4. The molecule has 1 N–H and O–H groups in total. The van der Waals surface area contributed by atoms with Gasteiger partial charge in [0, 0.05) is 25.1 Å². The molecule has 1 fully saturated rings. The third-order valence-corrected chi connectivity index (χ3v) is 9.83. The first-order chi connectivity index (χ1) is 10.7. The number of hydrogen-bond donors (Lipinski definition) is 1. The number of carbonyl (C=O) groups excluding carboxylic acids is 1. The summed E-state index contributed by atoms with van der Waals surface area (Å²) in [5, 5.41) is 10.1. The Morgan fingerprint density at radius 1 is 1.12 bits per heavy atom. The Morgan fingerprint density at radius 2 is 1.62 bits per heavy atom. The molecule has 142 valence electrons. The van der Waals surface area contributed by atoms with Crippen molar-refractivity contribution >= 4 is 14.4 Å². The standard InChI is InChI=1S/C18H37NO4Si/c1-16(2,3)23-15(21)19-11-9-18(13-20,10-12-19)14-22-24(7,8)17(4,5)6/h20H,9-14H2,1-8H3. The Hall–Kier alpha value is -0.593. The minimum atomic E-state index is -1.84. The van der Waals surface area contributed by atoms with Crippen molar-refractivity contribution in [3.05, 3.63) is 0 Å². The summed E-state index contributed by atoms with van der Waals surface area (Å²) in [5.41, 5.74) is -0.720. The molecule has 1 saturated heterocycles. The van der Waals surface area contributed by atoms with Crippen LogP contribution in [0.2, 0.25) is 18.1 Å². The Bertz CT molecular complexity index is 429. The molecule has 0 spiro atoms. The molecule has 1 aliphatic heterocycles. The monoisotopic (exact) mass is 359 g/mol. The highest BCUT2D eigenvalue weighted by molar-refractivity contribution is 6.74. The third kappa shape index (κ3) is 5.74. The van der Waals surface area contributed by atoms with Gasteiger partial charge in [0.2, 0.25) is 0 Å². The van der Waals surface area contributed by atoms with E-state index in [2.05, 4.69) is 33.9 Å². The van der Waals surface area contributed by atoms with Gasteiger partial charge in [0.15, 0.2) is 8.32 Å². The van der Waals surface area contributed by atoms with E-state index in [9.17, 15) is 9.90 Å². The van der Waals surface area contributed by atoms with Crippen molar-refractivity contribution in [2.75, 3.05) is 26.3 Å². The van der Waals surface area contributed by atoms with Crippen LogP contribution < -0.4 is 0 Å². The van der Waals surface area contributed by atoms with Crippen LogP contribution in [0.3, 0.4) is 0 Å². The lowest BCUT2D eigenvalue weighted by Gasteiger charge is -2.44. The molecule has 1 aliphatic rings. The molecule has 0 radical (unpaired) electrons. The van der Waals surface area contributed by atoms with Crippen LogP contribution in [0.15, 0.2) is 0 Å². The van der Waals surface area contributed by atoms with E-state index in [1.165, 1.54) is 0 Å². The molecule has 0 aromatic carbocycles. The summed E-state index contributed by atoms with van der Waals surface area (Å²) >= 11 is 0. The van der Waals surface area contributed by atoms with Crippen molar-refractivity contribution in [1.82, 2.24) is 4.90 Å². The number of ether oxygens (including phenoxy) is 1. The topological polar surface area (TPSA) is 59.0 Å². The van der Waals surface area contributed by atoms with Gasteiger partial charge in [-0.2, -0.15) is 0 Å². The van der Waals surface area contributed by atoms with Crippen molar-refractivity contribution in [2.24, 2.45) is 5.41 Å². The second kappa shape index (κ2) is 7.34. The molecule has 1 heterocycles. The van der Waals surface area contributed by atoms with Crippen LogP contribution in [0.25, 0.3) is 0 Å². The first kappa shape index (κ1) is 21.4.